The van der Waals surface area contributed by atoms with Gasteiger partial charge in [0.15, 0.2) is 0 Å². The number of ether oxygens (including phenoxy) is 1. The summed E-state index contributed by atoms with van der Waals surface area (Å²) in [6.07, 6.45) is 1.68. The van der Waals surface area contributed by atoms with Gasteiger partial charge in [0.05, 0.1) is 6.04 Å². The van der Waals surface area contributed by atoms with E-state index in [2.05, 4.69) is 26.0 Å². The zero-order valence-electron chi connectivity index (χ0n) is 14.5. The van der Waals surface area contributed by atoms with E-state index >= 15 is 0 Å². The number of likely N-dealkylation sites (N-methyl/N-ethyl adjacent to an activating group) is 2. The number of rotatable bonds is 10. The van der Waals surface area contributed by atoms with E-state index in [1.807, 2.05) is 0 Å². The van der Waals surface area contributed by atoms with E-state index in [0.717, 1.165) is 12.8 Å². The minimum absolute atomic E-state index is 0.0273. The molecule has 0 aliphatic rings. The van der Waals surface area contributed by atoms with Gasteiger partial charge >= 0.3 is 6.09 Å². The van der Waals surface area contributed by atoms with Crippen LogP contribution in [-0.2, 0) is 16.1 Å². The van der Waals surface area contributed by atoms with E-state index in [-0.39, 0.29) is 18.6 Å². The van der Waals surface area contributed by atoms with E-state index < -0.39 is 6.09 Å². The minimum atomic E-state index is -0.535. The van der Waals surface area contributed by atoms with Gasteiger partial charge in [-0.1, -0.05) is 29.4 Å². The zero-order valence-corrected chi connectivity index (χ0v) is 14.5. The molecule has 0 heterocycles. The number of carbonyl (C=O) groups is 2. The minimum Gasteiger partial charge on any atom is -0.445 e. The Kier molecular flexibility index (Phi) is 9.50. The van der Waals surface area contributed by atoms with Crippen molar-refractivity contribution in [3.63, 3.8) is 0 Å². The van der Waals surface area contributed by atoms with E-state index in [0.29, 0.717) is 24.2 Å². The second kappa shape index (κ2) is 11.7. The normalized spacial score (nSPS) is 11.1. The van der Waals surface area contributed by atoms with Gasteiger partial charge in [0.2, 0.25) is 5.91 Å². The van der Waals surface area contributed by atoms with Gasteiger partial charge in [-0.3, -0.25) is 4.79 Å². The van der Waals surface area contributed by atoms with Gasteiger partial charge in [0.25, 0.3) is 0 Å². The van der Waals surface area contributed by atoms with Crippen LogP contribution in [0.15, 0.2) is 29.4 Å². The monoisotopic (exact) mass is 348 g/mol. The lowest BCUT2D eigenvalue weighted by molar-refractivity contribution is -0.122. The molecule has 0 radical (unpaired) electrons. The fourth-order valence-corrected chi connectivity index (χ4v) is 2.22. The summed E-state index contributed by atoms with van der Waals surface area (Å²) in [4.78, 5) is 25.9. The molecule has 0 bridgehead atoms. The highest BCUT2D eigenvalue weighted by molar-refractivity contribution is 5.81. The molecule has 1 aromatic carbocycles. The number of azide groups is 1. The average molecular weight is 348 g/mol. The van der Waals surface area contributed by atoms with Crippen molar-refractivity contribution in [1.82, 2.24) is 16.0 Å². The third kappa shape index (κ3) is 7.56. The first-order valence-corrected chi connectivity index (χ1v) is 8.04. The van der Waals surface area contributed by atoms with Gasteiger partial charge in [-0.15, -0.1) is 0 Å². The van der Waals surface area contributed by atoms with Crippen LogP contribution in [0.5, 0.6) is 0 Å². The maximum atomic E-state index is 11.7. The van der Waals surface area contributed by atoms with Crippen molar-refractivity contribution in [3.8, 4) is 0 Å². The van der Waals surface area contributed by atoms with Crippen LogP contribution in [0.4, 0.5) is 10.5 Å². The first-order valence-electron chi connectivity index (χ1n) is 8.04. The highest BCUT2D eigenvalue weighted by atomic mass is 16.5. The summed E-state index contributed by atoms with van der Waals surface area (Å²) in [5.41, 5.74) is 9.58. The third-order valence-corrected chi connectivity index (χ3v) is 3.60. The third-order valence-electron chi connectivity index (χ3n) is 3.60. The number of carbonyl (C=O) groups excluding carboxylic acids is 2. The molecule has 0 aliphatic carbocycles. The maximum absolute atomic E-state index is 11.7. The maximum Gasteiger partial charge on any atom is 0.407 e. The molecular formula is C16H24N6O3. The quantitative estimate of drug-likeness (QED) is 0.259. The highest BCUT2D eigenvalue weighted by Crippen LogP contribution is 2.19. The van der Waals surface area contributed by atoms with E-state index in [1.165, 1.54) is 0 Å². The van der Waals surface area contributed by atoms with Crippen LogP contribution >= 0.6 is 0 Å². The van der Waals surface area contributed by atoms with E-state index in [9.17, 15) is 9.59 Å². The second-order valence-corrected chi connectivity index (χ2v) is 5.27. The lowest BCUT2D eigenvalue weighted by Crippen LogP contribution is -2.41. The average Bonchev–Trinajstić information content (AvgIpc) is 2.63. The van der Waals surface area contributed by atoms with Gasteiger partial charge in [-0.25, -0.2) is 4.79 Å². The van der Waals surface area contributed by atoms with Crippen LogP contribution in [0.1, 0.15) is 24.8 Å². The molecule has 3 N–H and O–H groups in total. The lowest BCUT2D eigenvalue weighted by Gasteiger charge is -2.14. The van der Waals surface area contributed by atoms with Crippen molar-refractivity contribution in [2.75, 3.05) is 20.6 Å². The second-order valence-electron chi connectivity index (χ2n) is 5.27. The predicted octanol–water partition coefficient (Wildman–Crippen LogP) is 2.36. The number of amides is 2. The van der Waals surface area contributed by atoms with Crippen molar-refractivity contribution in [2.24, 2.45) is 5.11 Å². The lowest BCUT2D eigenvalue weighted by atomic mass is 10.1. The van der Waals surface area contributed by atoms with E-state index in [4.69, 9.17) is 10.3 Å². The molecule has 1 rings (SSSR count). The first kappa shape index (κ1) is 20.3. The molecule has 0 saturated carbocycles. The van der Waals surface area contributed by atoms with E-state index in [1.54, 1.807) is 38.4 Å². The Balaban J connectivity index is 2.25. The van der Waals surface area contributed by atoms with Crippen molar-refractivity contribution < 1.29 is 14.3 Å². The summed E-state index contributed by atoms with van der Waals surface area (Å²) < 4.78 is 5.11. The van der Waals surface area contributed by atoms with Gasteiger partial charge in [0.1, 0.15) is 6.61 Å². The van der Waals surface area contributed by atoms with Gasteiger partial charge in [0, 0.05) is 24.2 Å². The van der Waals surface area contributed by atoms with Gasteiger partial charge in [-0.05, 0) is 37.4 Å². The molecule has 1 atom stereocenters. The highest BCUT2D eigenvalue weighted by Gasteiger charge is 2.13. The van der Waals surface area contributed by atoms with Gasteiger partial charge in [-0.2, -0.15) is 0 Å². The fraction of sp³-hybridized carbons (Fsp3) is 0.500. The molecule has 0 spiro atoms. The Morgan fingerprint density at radius 3 is 2.72 bits per heavy atom. The molecule has 0 unspecified atom stereocenters. The number of hydrogen-bond acceptors (Lipinski definition) is 5. The van der Waals surface area contributed by atoms with Gasteiger partial charge < -0.3 is 20.7 Å². The predicted molar refractivity (Wildman–Crippen MR) is 94.2 cm³/mol. The molecule has 9 nitrogen and oxygen atoms in total. The van der Waals surface area contributed by atoms with Crippen molar-refractivity contribution in [1.29, 1.82) is 0 Å². The molecule has 0 saturated heterocycles. The Morgan fingerprint density at radius 2 is 2.04 bits per heavy atom. The largest absolute Gasteiger partial charge is 0.445 e. The summed E-state index contributed by atoms with van der Waals surface area (Å²) in [6, 6.07) is 6.67. The summed E-state index contributed by atoms with van der Waals surface area (Å²) in [6.45, 7) is 0.487. The van der Waals surface area contributed by atoms with Crippen molar-refractivity contribution >= 4 is 17.7 Å². The molecule has 2 amide bonds. The smallest absolute Gasteiger partial charge is 0.407 e. The zero-order chi connectivity index (χ0) is 18.5. The Morgan fingerprint density at radius 1 is 1.28 bits per heavy atom. The molecule has 1 aromatic rings. The van der Waals surface area contributed by atoms with Crippen LogP contribution in [0, 0.1) is 0 Å². The van der Waals surface area contributed by atoms with Crippen LogP contribution in [0.2, 0.25) is 0 Å². The number of unbranched alkanes of at least 4 members (excludes halogenated alkanes) is 1. The van der Waals surface area contributed by atoms with Crippen LogP contribution in [0.3, 0.4) is 0 Å². The molecule has 9 heteroatoms. The summed E-state index contributed by atoms with van der Waals surface area (Å²) in [5, 5.41) is 11.7. The van der Waals surface area contributed by atoms with Crippen molar-refractivity contribution in [3.05, 3.63) is 40.3 Å². The number of nitrogens with one attached hydrogen (secondary N) is 3. The first-order chi connectivity index (χ1) is 12.1. The number of hydrogen-bond donors (Lipinski definition) is 3. The Hall–Kier alpha value is -2.77. The molecule has 136 valence electrons. The molecule has 0 fully saturated rings. The SMILES string of the molecule is CNC(=O)[C@H](CCCCNC(=O)OCc1ccccc1N=[N+]=[N-])NC. The number of benzene rings is 1. The number of alkyl carbamates (subject to hydrolysis) is 1. The fourth-order valence-electron chi connectivity index (χ4n) is 2.22. The summed E-state index contributed by atoms with van der Waals surface area (Å²) in [7, 11) is 3.34. The standard InChI is InChI=1S/C16H24N6O3/c1-18-14(15(23)19-2)9-5-6-10-20-16(24)25-11-12-7-3-4-8-13(12)21-22-17/h3-4,7-8,14,18H,5-6,9-11H2,1-2H3,(H,19,23)(H,20,24)/t14-/m0/s1. The Labute approximate surface area is 146 Å². The van der Waals surface area contributed by atoms with Crippen LogP contribution in [-0.4, -0.2) is 38.7 Å². The van der Waals surface area contributed by atoms with Crippen LogP contribution in [0.25, 0.3) is 10.4 Å². The van der Waals surface area contributed by atoms with Crippen molar-refractivity contribution in [2.45, 2.75) is 31.9 Å². The number of nitrogens with zero attached hydrogens (tertiary/aromatic N) is 3. The molecule has 25 heavy (non-hydrogen) atoms. The summed E-state index contributed by atoms with van der Waals surface area (Å²) in [5.74, 6) is -0.0476. The Bertz CT molecular complexity index is 616. The van der Waals surface area contributed by atoms with Crippen LogP contribution < -0.4 is 16.0 Å². The molecule has 0 aliphatic heterocycles. The topological polar surface area (TPSA) is 128 Å². The molecule has 0 aromatic heterocycles. The summed E-state index contributed by atoms with van der Waals surface area (Å²) >= 11 is 0. The molecular weight excluding hydrogens is 324 g/mol.